The highest BCUT2D eigenvalue weighted by Gasteiger charge is 2.23. The minimum absolute atomic E-state index is 0.263. The largest absolute Gasteiger partial charge is 0.386 e. The molecule has 4 heterocycles. The smallest absolute Gasteiger partial charge is 0.181 e. The van der Waals surface area contributed by atoms with Crippen LogP contribution in [0.25, 0.3) is 38.9 Å². The highest BCUT2D eigenvalue weighted by Crippen LogP contribution is 2.37. The molecule has 198 valence electrons. The Morgan fingerprint density at radius 3 is 2.44 bits per heavy atom. The van der Waals surface area contributed by atoms with Gasteiger partial charge < -0.3 is 5.11 Å². The molecule has 6 aromatic rings. The number of rotatable bonds is 7. The Balaban J connectivity index is 1.46. The van der Waals surface area contributed by atoms with Crippen molar-refractivity contribution in [1.29, 1.82) is 0 Å². The fourth-order valence-electron chi connectivity index (χ4n) is 5.45. The molecular weight excluding hydrogens is 486 g/mol. The zero-order chi connectivity index (χ0) is 27.3. The first kappa shape index (κ1) is 25.0. The van der Waals surface area contributed by atoms with Crippen LogP contribution in [-0.2, 0) is 13.1 Å². The third kappa shape index (κ3) is 4.40. The van der Waals surface area contributed by atoms with Gasteiger partial charge in [-0.05, 0) is 44.4 Å². The maximum atomic E-state index is 10.8. The molecule has 0 unspecified atom stereocenters. The summed E-state index contributed by atoms with van der Waals surface area (Å²) in [7, 11) is 0. The summed E-state index contributed by atoms with van der Waals surface area (Å²) < 4.78 is 5.77. The van der Waals surface area contributed by atoms with E-state index in [9.17, 15) is 5.11 Å². The van der Waals surface area contributed by atoms with Crippen LogP contribution in [0.3, 0.4) is 0 Å². The normalized spacial score (nSPS) is 12.7. The number of aromatic nitrogens is 7. The Bertz CT molecular complexity index is 1790. The Kier molecular flexibility index (Phi) is 6.27. The molecule has 2 aromatic carbocycles. The number of benzene rings is 2. The van der Waals surface area contributed by atoms with Gasteiger partial charge in [-0.15, -0.1) is 0 Å². The lowest BCUT2D eigenvalue weighted by atomic mass is 9.95. The third-order valence-electron chi connectivity index (χ3n) is 7.40. The van der Waals surface area contributed by atoms with E-state index in [0.717, 1.165) is 62.4 Å². The summed E-state index contributed by atoms with van der Waals surface area (Å²) in [5, 5.41) is 27.4. The maximum Gasteiger partial charge on any atom is 0.181 e. The molecule has 0 aliphatic carbocycles. The molecule has 6 rings (SSSR count). The van der Waals surface area contributed by atoms with Gasteiger partial charge in [0.1, 0.15) is 0 Å². The van der Waals surface area contributed by atoms with Crippen LogP contribution in [-0.4, -0.2) is 39.4 Å². The van der Waals surface area contributed by atoms with Crippen molar-refractivity contribution in [2.75, 3.05) is 0 Å². The molecule has 4 aromatic heterocycles. The lowest BCUT2D eigenvalue weighted by Gasteiger charge is -2.10. The van der Waals surface area contributed by atoms with Crippen LogP contribution in [0.5, 0.6) is 0 Å². The van der Waals surface area contributed by atoms with Gasteiger partial charge in [0.15, 0.2) is 5.65 Å². The lowest BCUT2D eigenvalue weighted by molar-refractivity contribution is 0.152. The number of pyridine rings is 1. The summed E-state index contributed by atoms with van der Waals surface area (Å²) in [4.78, 5) is 4.79. The molecule has 0 fully saturated rings. The second kappa shape index (κ2) is 9.78. The van der Waals surface area contributed by atoms with Crippen molar-refractivity contribution in [3.8, 4) is 16.9 Å². The number of hydrogen-bond acceptors (Lipinski definition) is 5. The Hall–Kier alpha value is -4.30. The fourth-order valence-corrected chi connectivity index (χ4v) is 5.45. The van der Waals surface area contributed by atoms with Crippen LogP contribution in [0.1, 0.15) is 55.3 Å². The maximum absolute atomic E-state index is 10.8. The van der Waals surface area contributed by atoms with E-state index in [4.69, 9.17) is 15.2 Å². The van der Waals surface area contributed by atoms with Gasteiger partial charge in [0.25, 0.3) is 0 Å². The molecule has 8 nitrogen and oxygen atoms in total. The minimum Gasteiger partial charge on any atom is -0.386 e. The molecule has 0 aliphatic heterocycles. The van der Waals surface area contributed by atoms with Gasteiger partial charge in [-0.2, -0.15) is 15.3 Å². The van der Waals surface area contributed by atoms with E-state index in [1.165, 1.54) is 5.56 Å². The van der Waals surface area contributed by atoms with Crippen LogP contribution in [0.4, 0.5) is 0 Å². The lowest BCUT2D eigenvalue weighted by Crippen LogP contribution is -2.08. The summed E-state index contributed by atoms with van der Waals surface area (Å²) in [6, 6.07) is 18.0. The highest BCUT2D eigenvalue weighted by molar-refractivity contribution is 5.94. The zero-order valence-electron chi connectivity index (χ0n) is 23.0. The van der Waals surface area contributed by atoms with Crippen LogP contribution in [0, 0.1) is 13.8 Å². The second-order valence-corrected chi connectivity index (χ2v) is 10.4. The summed E-state index contributed by atoms with van der Waals surface area (Å²) in [5.41, 5.74) is 8.61. The molecule has 1 N–H and O–H groups in total. The number of aryl methyl sites for hydroxylation is 2. The quantitative estimate of drug-likeness (QED) is 0.274. The van der Waals surface area contributed by atoms with E-state index < -0.39 is 6.10 Å². The minimum atomic E-state index is -0.640. The highest BCUT2D eigenvalue weighted by atomic mass is 16.3. The van der Waals surface area contributed by atoms with Crippen LogP contribution in [0.15, 0.2) is 67.0 Å². The topological polar surface area (TPSA) is 86.6 Å². The van der Waals surface area contributed by atoms with Crippen LogP contribution < -0.4 is 0 Å². The van der Waals surface area contributed by atoms with E-state index in [1.807, 2.05) is 75.8 Å². The molecule has 0 aliphatic rings. The SMILES string of the molecule is CCn1cc2cc(-n3nc(-c4cccc5nn(C[C@H](O)c6ccccc6)cc45)c(C(C)C)c3C)c(C)nc2n1. The molecule has 0 bridgehead atoms. The molecule has 0 amide bonds. The first-order valence-corrected chi connectivity index (χ1v) is 13.5. The van der Waals surface area contributed by atoms with Crippen molar-refractivity contribution in [2.24, 2.45) is 0 Å². The van der Waals surface area contributed by atoms with Gasteiger partial charge in [-0.25, -0.2) is 9.67 Å². The number of fused-ring (bicyclic) bond motifs is 2. The summed E-state index contributed by atoms with van der Waals surface area (Å²) in [6.45, 7) is 11.8. The number of aliphatic hydroxyl groups is 1. The molecule has 8 heteroatoms. The molecule has 0 radical (unpaired) electrons. The molecule has 0 spiro atoms. The van der Waals surface area contributed by atoms with Crippen molar-refractivity contribution < 1.29 is 5.11 Å². The van der Waals surface area contributed by atoms with Crippen LogP contribution in [0.2, 0.25) is 0 Å². The van der Waals surface area contributed by atoms with E-state index >= 15 is 0 Å². The van der Waals surface area contributed by atoms with E-state index in [0.29, 0.717) is 6.54 Å². The average Bonchev–Trinajstić information content (AvgIpc) is 3.62. The number of nitrogens with zero attached hydrogens (tertiary/aromatic N) is 7. The standard InChI is InChI=1S/C31H33N7O/c1-6-36-16-23-15-27(20(4)32-31(23)35-36)38-21(5)29(19(2)3)30(34-38)24-13-10-14-26-25(24)17-37(33-26)18-28(39)22-11-8-7-9-12-22/h7-17,19,28,39H,6,18H2,1-5H3/t28-/m0/s1. The van der Waals surface area contributed by atoms with Crippen molar-refractivity contribution in [2.45, 2.75) is 59.7 Å². The molecule has 0 saturated heterocycles. The molecule has 0 saturated carbocycles. The summed E-state index contributed by atoms with van der Waals surface area (Å²) >= 11 is 0. The van der Waals surface area contributed by atoms with E-state index in [2.05, 4.69) is 44.9 Å². The van der Waals surface area contributed by atoms with Crippen molar-refractivity contribution in [3.05, 3.63) is 89.5 Å². The fraction of sp³-hybridized carbons (Fsp3) is 0.290. The van der Waals surface area contributed by atoms with E-state index in [-0.39, 0.29) is 5.92 Å². The molecule has 1 atom stereocenters. The molecule has 39 heavy (non-hydrogen) atoms. The number of aliphatic hydroxyl groups excluding tert-OH is 1. The predicted molar refractivity (Wildman–Crippen MR) is 154 cm³/mol. The Labute approximate surface area is 227 Å². The Morgan fingerprint density at radius 1 is 0.897 bits per heavy atom. The summed E-state index contributed by atoms with van der Waals surface area (Å²) in [6.07, 6.45) is 3.42. The van der Waals surface area contributed by atoms with Gasteiger partial charge in [0, 0.05) is 46.5 Å². The van der Waals surface area contributed by atoms with Crippen molar-refractivity contribution in [3.63, 3.8) is 0 Å². The van der Waals surface area contributed by atoms with Gasteiger partial charge in [0.2, 0.25) is 0 Å². The molecular formula is C31H33N7O. The van der Waals surface area contributed by atoms with E-state index in [1.54, 1.807) is 0 Å². The zero-order valence-corrected chi connectivity index (χ0v) is 23.0. The average molecular weight is 520 g/mol. The van der Waals surface area contributed by atoms with Gasteiger partial charge in [-0.1, -0.05) is 56.3 Å². The monoisotopic (exact) mass is 519 g/mol. The first-order valence-electron chi connectivity index (χ1n) is 13.5. The van der Waals surface area contributed by atoms with Gasteiger partial charge in [-0.3, -0.25) is 9.36 Å². The van der Waals surface area contributed by atoms with Crippen molar-refractivity contribution in [1.82, 2.24) is 34.3 Å². The second-order valence-electron chi connectivity index (χ2n) is 10.4. The first-order chi connectivity index (χ1) is 18.8. The van der Waals surface area contributed by atoms with Gasteiger partial charge >= 0.3 is 0 Å². The third-order valence-corrected chi connectivity index (χ3v) is 7.40. The van der Waals surface area contributed by atoms with Crippen LogP contribution >= 0.6 is 0 Å². The predicted octanol–water partition coefficient (Wildman–Crippen LogP) is 6.13. The number of hydrogen-bond donors (Lipinski definition) is 1. The van der Waals surface area contributed by atoms with Gasteiger partial charge in [0.05, 0.1) is 35.2 Å². The Morgan fingerprint density at radius 2 is 1.69 bits per heavy atom. The van der Waals surface area contributed by atoms with Crippen molar-refractivity contribution >= 4 is 21.9 Å². The summed E-state index contributed by atoms with van der Waals surface area (Å²) in [5.74, 6) is 0.263.